The summed E-state index contributed by atoms with van der Waals surface area (Å²) in [5.74, 6) is 0.909. The van der Waals surface area contributed by atoms with Gasteiger partial charge in [0.2, 0.25) is 5.91 Å². The molecule has 0 saturated carbocycles. The molecule has 1 saturated heterocycles. The summed E-state index contributed by atoms with van der Waals surface area (Å²) in [6, 6.07) is 5.54. The number of hydrogen-bond donors (Lipinski definition) is 1. The quantitative estimate of drug-likeness (QED) is 0.780. The van der Waals surface area contributed by atoms with E-state index in [2.05, 4.69) is 25.5 Å². The van der Waals surface area contributed by atoms with Gasteiger partial charge in [0.25, 0.3) is 0 Å². The number of halogens is 1. The Morgan fingerprint density at radius 2 is 2.33 bits per heavy atom. The van der Waals surface area contributed by atoms with E-state index in [-0.39, 0.29) is 11.9 Å². The van der Waals surface area contributed by atoms with Crippen LogP contribution in [0.5, 0.6) is 0 Å². The molecule has 8 nitrogen and oxygen atoms in total. The van der Waals surface area contributed by atoms with Gasteiger partial charge in [0.05, 0.1) is 23.6 Å². The minimum Gasteiger partial charge on any atom is -0.340 e. The first-order chi connectivity index (χ1) is 11.7. The van der Waals surface area contributed by atoms with Gasteiger partial charge in [0, 0.05) is 18.0 Å². The number of nitrogens with one attached hydrogen (secondary N) is 1. The highest BCUT2D eigenvalue weighted by Gasteiger charge is 2.31. The maximum Gasteiger partial charge on any atom is 0.225 e. The Bertz CT molecular complexity index is 860. The van der Waals surface area contributed by atoms with Crippen LogP contribution < -0.4 is 0 Å². The third-order valence-corrected chi connectivity index (χ3v) is 4.53. The molecule has 1 amide bonds. The molecule has 9 heteroatoms. The van der Waals surface area contributed by atoms with Crippen molar-refractivity contribution in [1.29, 1.82) is 0 Å². The predicted molar refractivity (Wildman–Crippen MR) is 87.2 cm³/mol. The molecule has 1 aromatic carbocycles. The van der Waals surface area contributed by atoms with E-state index in [9.17, 15) is 4.79 Å². The normalized spacial score (nSPS) is 17.7. The van der Waals surface area contributed by atoms with Crippen molar-refractivity contribution in [3.8, 4) is 0 Å². The van der Waals surface area contributed by atoms with Crippen LogP contribution in [0.4, 0.5) is 0 Å². The van der Waals surface area contributed by atoms with Crippen molar-refractivity contribution < 1.29 is 4.79 Å². The van der Waals surface area contributed by atoms with E-state index in [1.807, 2.05) is 23.1 Å². The number of tetrazole rings is 1. The molecule has 124 valence electrons. The number of hydrogen-bond acceptors (Lipinski definition) is 5. The average molecular weight is 346 g/mol. The standard InChI is InChI=1S/C15H16ClN7O/c16-10-3-4-11-12(8-10)19-15(18-11)13-2-1-6-23(13)14(24)5-7-22-9-17-20-21-22/h3-4,8-9,13H,1-2,5-7H2,(H,18,19)/t13-/m0/s1. The van der Waals surface area contributed by atoms with E-state index >= 15 is 0 Å². The fourth-order valence-electron chi connectivity index (χ4n) is 3.15. The molecular weight excluding hydrogens is 330 g/mol. The van der Waals surface area contributed by atoms with Crippen molar-refractivity contribution in [2.24, 2.45) is 0 Å². The van der Waals surface area contributed by atoms with Crippen molar-refractivity contribution in [2.45, 2.75) is 31.8 Å². The molecule has 1 aliphatic heterocycles. The first-order valence-corrected chi connectivity index (χ1v) is 8.24. The van der Waals surface area contributed by atoms with Crippen molar-refractivity contribution in [3.05, 3.63) is 35.4 Å². The van der Waals surface area contributed by atoms with Gasteiger partial charge < -0.3 is 9.88 Å². The zero-order valence-electron chi connectivity index (χ0n) is 12.9. The summed E-state index contributed by atoms with van der Waals surface area (Å²) in [6.07, 6.45) is 3.76. The van der Waals surface area contributed by atoms with E-state index in [1.165, 1.54) is 6.33 Å². The van der Waals surface area contributed by atoms with Crippen molar-refractivity contribution in [1.82, 2.24) is 35.1 Å². The number of H-pyrrole nitrogens is 1. The van der Waals surface area contributed by atoms with Crippen molar-refractivity contribution >= 4 is 28.5 Å². The SMILES string of the molecule is O=C(CCn1cnnn1)N1CCC[C@H]1c1nc2ccc(Cl)cc2[nH]1. The minimum absolute atomic E-state index is 0.0162. The van der Waals surface area contributed by atoms with E-state index in [0.29, 0.717) is 18.0 Å². The molecule has 4 rings (SSSR count). The molecule has 1 N–H and O–H groups in total. The fourth-order valence-corrected chi connectivity index (χ4v) is 3.32. The number of likely N-dealkylation sites (tertiary alicyclic amines) is 1. The molecule has 0 unspecified atom stereocenters. The Morgan fingerprint density at radius 1 is 1.42 bits per heavy atom. The lowest BCUT2D eigenvalue weighted by Gasteiger charge is -2.23. The van der Waals surface area contributed by atoms with Crippen molar-refractivity contribution in [3.63, 3.8) is 0 Å². The van der Waals surface area contributed by atoms with Gasteiger partial charge >= 0.3 is 0 Å². The summed E-state index contributed by atoms with van der Waals surface area (Å²) in [6.45, 7) is 1.22. The molecule has 1 aliphatic rings. The Kier molecular flexibility index (Phi) is 3.89. The number of rotatable bonds is 4. The van der Waals surface area contributed by atoms with Gasteiger partial charge in [-0.3, -0.25) is 4.79 Å². The van der Waals surface area contributed by atoms with E-state index in [4.69, 9.17) is 11.6 Å². The molecule has 0 radical (unpaired) electrons. The van der Waals surface area contributed by atoms with Gasteiger partial charge in [-0.25, -0.2) is 9.67 Å². The number of nitrogens with zero attached hydrogens (tertiary/aromatic N) is 6. The third kappa shape index (κ3) is 2.84. The van der Waals surface area contributed by atoms with Crippen LogP contribution in [-0.4, -0.2) is 47.5 Å². The molecule has 0 spiro atoms. The molecule has 3 aromatic rings. The lowest BCUT2D eigenvalue weighted by Crippen LogP contribution is -2.31. The number of aromatic nitrogens is 6. The highest BCUT2D eigenvalue weighted by Crippen LogP contribution is 2.32. The number of carbonyl (C=O) groups excluding carboxylic acids is 1. The van der Waals surface area contributed by atoms with Crippen LogP contribution in [0.25, 0.3) is 11.0 Å². The van der Waals surface area contributed by atoms with Gasteiger partial charge in [-0.2, -0.15) is 0 Å². The summed E-state index contributed by atoms with van der Waals surface area (Å²) in [7, 11) is 0. The zero-order chi connectivity index (χ0) is 16.5. The third-order valence-electron chi connectivity index (χ3n) is 4.30. The van der Waals surface area contributed by atoms with Crippen LogP contribution in [0.3, 0.4) is 0 Å². The molecule has 24 heavy (non-hydrogen) atoms. The molecule has 1 fully saturated rings. The number of benzene rings is 1. The Balaban J connectivity index is 1.51. The first kappa shape index (κ1) is 15.1. The van der Waals surface area contributed by atoms with Crippen molar-refractivity contribution in [2.75, 3.05) is 6.54 Å². The van der Waals surface area contributed by atoms with E-state index < -0.39 is 0 Å². The average Bonchev–Trinajstić information content (AvgIpc) is 3.30. The number of imidazole rings is 1. The molecule has 0 bridgehead atoms. The summed E-state index contributed by atoms with van der Waals surface area (Å²) in [5.41, 5.74) is 1.76. The number of aryl methyl sites for hydroxylation is 1. The maximum absolute atomic E-state index is 12.6. The zero-order valence-corrected chi connectivity index (χ0v) is 13.6. The molecule has 2 aromatic heterocycles. The second-order valence-electron chi connectivity index (χ2n) is 5.85. The lowest BCUT2D eigenvalue weighted by molar-refractivity contribution is -0.132. The van der Waals surface area contributed by atoms with Gasteiger partial charge in [-0.05, 0) is 41.5 Å². The van der Waals surface area contributed by atoms with Crippen LogP contribution in [0.2, 0.25) is 5.02 Å². The number of amides is 1. The topological polar surface area (TPSA) is 92.6 Å². The van der Waals surface area contributed by atoms with E-state index in [1.54, 1.807) is 4.68 Å². The number of carbonyl (C=O) groups is 1. The second kappa shape index (κ2) is 6.20. The monoisotopic (exact) mass is 345 g/mol. The van der Waals surface area contributed by atoms with Crippen LogP contribution in [0.15, 0.2) is 24.5 Å². The van der Waals surface area contributed by atoms with Gasteiger partial charge in [-0.15, -0.1) is 5.10 Å². The van der Waals surface area contributed by atoms with Crippen LogP contribution in [0.1, 0.15) is 31.1 Å². The smallest absolute Gasteiger partial charge is 0.225 e. The maximum atomic E-state index is 12.6. The van der Waals surface area contributed by atoms with Gasteiger partial charge in [0.15, 0.2) is 0 Å². The molecular formula is C15H16ClN7O. The largest absolute Gasteiger partial charge is 0.340 e. The van der Waals surface area contributed by atoms with Crippen LogP contribution >= 0.6 is 11.6 Å². The molecule has 0 aliphatic carbocycles. The fraction of sp³-hybridized carbons (Fsp3) is 0.400. The number of aromatic amines is 1. The first-order valence-electron chi connectivity index (χ1n) is 7.86. The van der Waals surface area contributed by atoms with Crippen LogP contribution in [-0.2, 0) is 11.3 Å². The minimum atomic E-state index is -0.0162. The van der Waals surface area contributed by atoms with Crippen LogP contribution in [0, 0.1) is 0 Å². The Labute approximate surface area is 142 Å². The Morgan fingerprint density at radius 3 is 3.17 bits per heavy atom. The summed E-state index contributed by atoms with van der Waals surface area (Å²) >= 11 is 6.03. The summed E-state index contributed by atoms with van der Waals surface area (Å²) in [5, 5.41) is 11.6. The molecule has 1 atom stereocenters. The highest BCUT2D eigenvalue weighted by atomic mass is 35.5. The van der Waals surface area contributed by atoms with Gasteiger partial charge in [-0.1, -0.05) is 11.6 Å². The summed E-state index contributed by atoms with van der Waals surface area (Å²) in [4.78, 5) is 22.4. The highest BCUT2D eigenvalue weighted by molar-refractivity contribution is 6.31. The predicted octanol–water partition coefficient (Wildman–Crippen LogP) is 1.96. The molecule has 3 heterocycles. The Hall–Kier alpha value is -2.48. The van der Waals surface area contributed by atoms with Gasteiger partial charge in [0.1, 0.15) is 12.2 Å². The van der Waals surface area contributed by atoms with E-state index in [0.717, 1.165) is 36.2 Å². The second-order valence-corrected chi connectivity index (χ2v) is 6.29. The number of fused-ring (bicyclic) bond motifs is 1. The summed E-state index contributed by atoms with van der Waals surface area (Å²) < 4.78 is 1.56. The lowest BCUT2D eigenvalue weighted by atomic mass is 10.2.